The smallest absolute Gasteiger partial charge is 0.345 e. The van der Waals surface area contributed by atoms with Crippen molar-refractivity contribution in [2.75, 3.05) is 37.4 Å². The Labute approximate surface area is 131 Å². The molecule has 1 aromatic heterocycles. The lowest BCUT2D eigenvalue weighted by molar-refractivity contribution is -0.305. The predicted octanol–water partition coefficient (Wildman–Crippen LogP) is 2.08. The van der Waals surface area contributed by atoms with Gasteiger partial charge in [-0.05, 0) is 36.8 Å². The lowest BCUT2D eigenvalue weighted by Gasteiger charge is -2.16. The van der Waals surface area contributed by atoms with E-state index in [1.807, 2.05) is 0 Å². The maximum Gasteiger partial charge on any atom is 0.345 e. The van der Waals surface area contributed by atoms with Crippen LogP contribution in [-0.4, -0.2) is 46.9 Å². The van der Waals surface area contributed by atoms with Gasteiger partial charge in [-0.3, -0.25) is 4.84 Å². The average Bonchev–Trinajstić information content (AvgIpc) is 3.33. The number of anilines is 2. The summed E-state index contributed by atoms with van der Waals surface area (Å²) in [5.41, 5.74) is 0. The first-order valence-corrected chi connectivity index (χ1v) is 7.99. The Morgan fingerprint density at radius 2 is 1.64 bits per heavy atom. The van der Waals surface area contributed by atoms with Crippen LogP contribution in [0.15, 0.2) is 0 Å². The van der Waals surface area contributed by atoms with Gasteiger partial charge in [0.05, 0.1) is 13.7 Å². The number of hydrogen-bond donors (Lipinski definition) is 2. The van der Waals surface area contributed by atoms with Gasteiger partial charge in [0.2, 0.25) is 11.9 Å². The Hall–Kier alpha value is -1.67. The fourth-order valence-corrected chi connectivity index (χ4v) is 1.67. The molecule has 1 fully saturated rings. The Balaban J connectivity index is 1.95. The monoisotopic (exact) mass is 310 g/mol. The molecule has 0 amide bonds. The van der Waals surface area contributed by atoms with Crippen molar-refractivity contribution in [3.63, 3.8) is 0 Å². The predicted molar refractivity (Wildman–Crippen MR) is 84.5 cm³/mol. The number of nitrogens with one attached hydrogen (secondary N) is 2. The molecule has 8 nitrogen and oxygen atoms in total. The molecule has 0 atom stereocenters. The van der Waals surface area contributed by atoms with Crippen molar-refractivity contribution in [3.05, 3.63) is 0 Å². The number of hydroxylamine groups is 2. The zero-order valence-electron chi connectivity index (χ0n) is 13.6. The van der Waals surface area contributed by atoms with Crippen molar-refractivity contribution >= 4 is 11.9 Å². The minimum absolute atomic E-state index is 0.213. The van der Waals surface area contributed by atoms with Gasteiger partial charge in [0.1, 0.15) is 0 Å². The second kappa shape index (κ2) is 8.70. The summed E-state index contributed by atoms with van der Waals surface area (Å²) in [5, 5.41) is 7.59. The summed E-state index contributed by atoms with van der Waals surface area (Å²) >= 11 is 0. The molecule has 0 unspecified atom stereocenters. The van der Waals surface area contributed by atoms with Crippen LogP contribution in [0.1, 0.15) is 39.5 Å². The normalized spacial score (nSPS) is 14.2. The topological polar surface area (TPSA) is 84.4 Å². The minimum Gasteiger partial charge on any atom is -0.354 e. The van der Waals surface area contributed by atoms with Crippen LogP contribution in [0.2, 0.25) is 0 Å². The molecule has 0 radical (unpaired) electrons. The molecule has 0 spiro atoms. The van der Waals surface area contributed by atoms with Crippen LogP contribution in [0.3, 0.4) is 0 Å². The molecule has 0 saturated heterocycles. The highest BCUT2D eigenvalue weighted by atomic mass is 17.0. The highest BCUT2D eigenvalue weighted by molar-refractivity contribution is 5.35. The molecular formula is C14H26N6O2. The third kappa shape index (κ3) is 5.98. The van der Waals surface area contributed by atoms with Gasteiger partial charge in [-0.15, -0.1) is 0 Å². The fraction of sp³-hybridized carbons (Fsp3) is 0.786. The molecule has 1 heterocycles. The van der Waals surface area contributed by atoms with E-state index in [1.54, 1.807) is 7.05 Å². The van der Waals surface area contributed by atoms with Crippen molar-refractivity contribution in [2.24, 2.45) is 5.92 Å². The van der Waals surface area contributed by atoms with Crippen LogP contribution >= 0.6 is 0 Å². The van der Waals surface area contributed by atoms with E-state index >= 15 is 0 Å². The van der Waals surface area contributed by atoms with Crippen molar-refractivity contribution in [2.45, 2.75) is 39.5 Å². The second-order valence-electron chi connectivity index (χ2n) is 5.39. The van der Waals surface area contributed by atoms with Gasteiger partial charge in [-0.25, -0.2) is 0 Å². The third-order valence-corrected chi connectivity index (χ3v) is 3.08. The Morgan fingerprint density at radius 1 is 1.05 bits per heavy atom. The molecule has 1 aliphatic carbocycles. The Bertz CT molecular complexity index is 429. The van der Waals surface area contributed by atoms with Crippen LogP contribution in [0.5, 0.6) is 6.01 Å². The molecule has 2 rings (SSSR count). The molecule has 2 N–H and O–H groups in total. The standard InChI is InChI=1S/C14H26N6O2/c1-4-8-15-12-17-13(16-9-5-2)19-14(18-12)22-20(3)21-10-11-6-7-11/h11H,4-10H2,1-3H3,(H2,15,16,17,18,19). The van der Waals surface area contributed by atoms with Gasteiger partial charge in [-0.2, -0.15) is 15.0 Å². The van der Waals surface area contributed by atoms with Gasteiger partial charge in [-0.1, -0.05) is 13.8 Å². The SMILES string of the molecule is CCCNc1nc(NCCC)nc(ON(C)OCC2CC2)n1. The second-order valence-corrected chi connectivity index (χ2v) is 5.39. The summed E-state index contributed by atoms with van der Waals surface area (Å²) in [7, 11) is 1.70. The quantitative estimate of drug-likeness (QED) is 0.601. The first kappa shape index (κ1) is 16.7. The largest absolute Gasteiger partial charge is 0.354 e. The van der Waals surface area contributed by atoms with Crippen molar-refractivity contribution in [1.29, 1.82) is 0 Å². The molecule has 0 aliphatic heterocycles. The van der Waals surface area contributed by atoms with Crippen molar-refractivity contribution < 1.29 is 9.68 Å². The lowest BCUT2D eigenvalue weighted by atomic mass is 10.5. The summed E-state index contributed by atoms with van der Waals surface area (Å²) in [5.74, 6) is 1.66. The summed E-state index contributed by atoms with van der Waals surface area (Å²) in [6.07, 6.45) is 4.44. The Morgan fingerprint density at radius 3 is 2.14 bits per heavy atom. The molecule has 124 valence electrons. The Kier molecular flexibility index (Phi) is 6.60. The number of aromatic nitrogens is 3. The first-order valence-electron chi connectivity index (χ1n) is 7.99. The van der Waals surface area contributed by atoms with Crippen molar-refractivity contribution in [1.82, 2.24) is 20.2 Å². The van der Waals surface area contributed by atoms with E-state index in [0.717, 1.165) is 25.9 Å². The van der Waals surface area contributed by atoms with E-state index in [2.05, 4.69) is 39.4 Å². The molecule has 0 bridgehead atoms. The third-order valence-electron chi connectivity index (χ3n) is 3.08. The van der Waals surface area contributed by atoms with E-state index in [-0.39, 0.29) is 6.01 Å². The van der Waals surface area contributed by atoms with E-state index in [4.69, 9.17) is 9.68 Å². The maximum atomic E-state index is 5.50. The molecule has 1 saturated carbocycles. The van der Waals surface area contributed by atoms with Crippen molar-refractivity contribution in [3.8, 4) is 6.01 Å². The van der Waals surface area contributed by atoms with Crippen LogP contribution in [0, 0.1) is 5.92 Å². The zero-order chi connectivity index (χ0) is 15.8. The summed E-state index contributed by atoms with van der Waals surface area (Å²) < 4.78 is 0. The van der Waals surface area contributed by atoms with E-state index in [1.165, 1.54) is 18.1 Å². The van der Waals surface area contributed by atoms with Gasteiger partial charge >= 0.3 is 6.01 Å². The number of rotatable bonds is 11. The molecule has 0 aromatic carbocycles. The molecular weight excluding hydrogens is 284 g/mol. The molecule has 1 aliphatic rings. The number of hydrogen-bond acceptors (Lipinski definition) is 8. The van der Waals surface area contributed by atoms with Gasteiger partial charge in [0.25, 0.3) is 0 Å². The molecule has 1 aromatic rings. The van der Waals surface area contributed by atoms with E-state index in [9.17, 15) is 0 Å². The minimum atomic E-state index is 0.213. The highest BCUT2D eigenvalue weighted by Crippen LogP contribution is 2.29. The van der Waals surface area contributed by atoms with E-state index in [0.29, 0.717) is 24.4 Å². The van der Waals surface area contributed by atoms with Gasteiger partial charge in [0, 0.05) is 13.1 Å². The van der Waals surface area contributed by atoms with E-state index < -0.39 is 0 Å². The highest BCUT2D eigenvalue weighted by Gasteiger charge is 2.22. The fourth-order valence-electron chi connectivity index (χ4n) is 1.67. The first-order chi connectivity index (χ1) is 10.7. The molecule has 22 heavy (non-hydrogen) atoms. The van der Waals surface area contributed by atoms with Crippen LogP contribution in [-0.2, 0) is 4.84 Å². The maximum absolute atomic E-state index is 5.50. The summed E-state index contributed by atoms with van der Waals surface area (Å²) in [4.78, 5) is 23.8. The van der Waals surface area contributed by atoms with Gasteiger partial charge in [0.15, 0.2) is 0 Å². The van der Waals surface area contributed by atoms with Crippen LogP contribution in [0.4, 0.5) is 11.9 Å². The number of nitrogens with zero attached hydrogens (tertiary/aromatic N) is 4. The van der Waals surface area contributed by atoms with Crippen LogP contribution < -0.4 is 15.5 Å². The van der Waals surface area contributed by atoms with Gasteiger partial charge < -0.3 is 15.5 Å². The van der Waals surface area contributed by atoms with Crippen LogP contribution in [0.25, 0.3) is 0 Å². The summed E-state index contributed by atoms with van der Waals surface area (Å²) in [6.45, 7) is 6.43. The summed E-state index contributed by atoms with van der Waals surface area (Å²) in [6, 6.07) is 0.213. The average molecular weight is 310 g/mol. The zero-order valence-corrected chi connectivity index (χ0v) is 13.6. The molecule has 8 heteroatoms. The lowest BCUT2D eigenvalue weighted by Crippen LogP contribution is -2.25.